The average Bonchev–Trinajstić information content (AvgIpc) is 2.55. The number of aliphatic hydroxyl groups excluding tert-OH is 1. The number of rotatable bonds is 10. The molecule has 6 heteroatoms. The first-order chi connectivity index (χ1) is 11.6. The van der Waals surface area contributed by atoms with Crippen LogP contribution in [0.5, 0.6) is 5.75 Å². The molecule has 0 bridgehead atoms. The third-order valence-corrected chi connectivity index (χ3v) is 3.12. The summed E-state index contributed by atoms with van der Waals surface area (Å²) < 4.78 is 11.0. The number of hydrogen-bond acceptors (Lipinski definition) is 4. The molecule has 0 heterocycles. The first-order valence-electron chi connectivity index (χ1n) is 8.61. The zero-order chi connectivity index (χ0) is 17.8. The highest BCUT2D eigenvalue weighted by molar-refractivity contribution is 5.79. The van der Waals surface area contributed by atoms with Crippen LogP contribution in [-0.4, -0.2) is 50.0 Å². The van der Waals surface area contributed by atoms with Crippen LogP contribution in [0.15, 0.2) is 29.3 Å². The van der Waals surface area contributed by atoms with E-state index in [4.69, 9.17) is 9.47 Å². The number of hydrogen-bond donors (Lipinski definition) is 3. The Morgan fingerprint density at radius 1 is 1.25 bits per heavy atom. The monoisotopic (exact) mass is 337 g/mol. The lowest BCUT2D eigenvalue weighted by atomic mass is 10.1. The molecular weight excluding hydrogens is 306 g/mol. The quantitative estimate of drug-likeness (QED) is 0.346. The summed E-state index contributed by atoms with van der Waals surface area (Å²) in [6.45, 7) is 10.9. The molecule has 3 N–H and O–H groups in total. The van der Waals surface area contributed by atoms with Crippen LogP contribution >= 0.6 is 0 Å². The smallest absolute Gasteiger partial charge is 0.191 e. The number of aliphatic imine (C=N–C) groups is 1. The SMILES string of the molecule is CCNC(=NCC(O)c1cccc(OC(C)C)c1)NCCOCC. The second-order valence-electron chi connectivity index (χ2n) is 5.60. The normalized spacial score (nSPS) is 13.0. The van der Waals surface area contributed by atoms with Gasteiger partial charge in [0.2, 0.25) is 0 Å². The molecule has 0 saturated heterocycles. The van der Waals surface area contributed by atoms with E-state index in [9.17, 15) is 5.11 Å². The van der Waals surface area contributed by atoms with Gasteiger partial charge in [0.25, 0.3) is 0 Å². The van der Waals surface area contributed by atoms with Gasteiger partial charge in [-0.3, -0.25) is 4.99 Å². The summed E-state index contributed by atoms with van der Waals surface area (Å²) in [7, 11) is 0. The molecule has 0 aromatic heterocycles. The Morgan fingerprint density at radius 2 is 2.04 bits per heavy atom. The Labute approximate surface area is 145 Å². The van der Waals surface area contributed by atoms with E-state index in [0.717, 1.165) is 17.9 Å². The molecule has 0 aliphatic rings. The molecule has 0 aliphatic carbocycles. The van der Waals surface area contributed by atoms with Crippen LogP contribution in [0.3, 0.4) is 0 Å². The highest BCUT2D eigenvalue weighted by Crippen LogP contribution is 2.20. The van der Waals surface area contributed by atoms with E-state index in [0.29, 0.717) is 25.7 Å². The van der Waals surface area contributed by atoms with Crippen molar-refractivity contribution in [3.05, 3.63) is 29.8 Å². The van der Waals surface area contributed by atoms with Crippen LogP contribution in [0, 0.1) is 0 Å². The zero-order valence-corrected chi connectivity index (χ0v) is 15.2. The van der Waals surface area contributed by atoms with Crippen molar-refractivity contribution in [3.63, 3.8) is 0 Å². The molecule has 0 fully saturated rings. The first-order valence-corrected chi connectivity index (χ1v) is 8.61. The van der Waals surface area contributed by atoms with Crippen LogP contribution in [0.4, 0.5) is 0 Å². The van der Waals surface area contributed by atoms with Gasteiger partial charge in [-0.15, -0.1) is 0 Å². The number of nitrogens with zero attached hydrogens (tertiary/aromatic N) is 1. The van der Waals surface area contributed by atoms with E-state index >= 15 is 0 Å². The van der Waals surface area contributed by atoms with Gasteiger partial charge in [-0.25, -0.2) is 0 Å². The summed E-state index contributed by atoms with van der Waals surface area (Å²) >= 11 is 0. The molecular formula is C18H31N3O3. The minimum Gasteiger partial charge on any atom is -0.491 e. The molecule has 0 spiro atoms. The number of benzene rings is 1. The van der Waals surface area contributed by atoms with Crippen LogP contribution in [0.25, 0.3) is 0 Å². The van der Waals surface area contributed by atoms with Gasteiger partial charge in [-0.1, -0.05) is 12.1 Å². The summed E-state index contributed by atoms with van der Waals surface area (Å²) in [4.78, 5) is 4.43. The summed E-state index contributed by atoms with van der Waals surface area (Å²) in [5.74, 6) is 1.43. The van der Waals surface area contributed by atoms with Crippen molar-refractivity contribution < 1.29 is 14.6 Å². The van der Waals surface area contributed by atoms with E-state index in [2.05, 4.69) is 15.6 Å². The van der Waals surface area contributed by atoms with Gasteiger partial charge in [0.15, 0.2) is 5.96 Å². The lowest BCUT2D eigenvalue weighted by Gasteiger charge is -2.15. The Hall–Kier alpha value is -1.79. The average molecular weight is 337 g/mol. The lowest BCUT2D eigenvalue weighted by Crippen LogP contribution is -2.39. The van der Waals surface area contributed by atoms with Crippen molar-refractivity contribution in [2.45, 2.75) is 39.9 Å². The number of guanidine groups is 1. The van der Waals surface area contributed by atoms with E-state index in [1.165, 1.54) is 0 Å². The predicted molar refractivity (Wildman–Crippen MR) is 97.6 cm³/mol. The van der Waals surface area contributed by atoms with Gasteiger partial charge in [-0.2, -0.15) is 0 Å². The third kappa shape index (κ3) is 8.17. The number of ether oxygens (including phenoxy) is 2. The summed E-state index contributed by atoms with van der Waals surface area (Å²) in [6.07, 6.45) is -0.576. The van der Waals surface area contributed by atoms with Crippen LogP contribution in [0.2, 0.25) is 0 Å². The molecule has 1 unspecified atom stereocenters. The Bertz CT molecular complexity index is 492. The van der Waals surface area contributed by atoms with Gasteiger partial charge < -0.3 is 25.2 Å². The summed E-state index contributed by atoms with van der Waals surface area (Å²) in [5, 5.41) is 16.7. The van der Waals surface area contributed by atoms with Gasteiger partial charge in [0.1, 0.15) is 5.75 Å². The molecule has 1 aromatic carbocycles. The minimum absolute atomic E-state index is 0.102. The maximum atomic E-state index is 10.4. The Kier molecular flexibility index (Phi) is 9.88. The van der Waals surface area contributed by atoms with Gasteiger partial charge in [0.05, 0.1) is 25.4 Å². The van der Waals surface area contributed by atoms with Gasteiger partial charge in [-0.05, 0) is 45.4 Å². The fraction of sp³-hybridized carbons (Fsp3) is 0.611. The molecule has 0 radical (unpaired) electrons. The number of nitrogens with one attached hydrogen (secondary N) is 2. The molecule has 1 aromatic rings. The van der Waals surface area contributed by atoms with E-state index < -0.39 is 6.10 Å². The molecule has 1 atom stereocenters. The van der Waals surface area contributed by atoms with E-state index in [-0.39, 0.29) is 12.6 Å². The Balaban J connectivity index is 2.60. The Morgan fingerprint density at radius 3 is 2.71 bits per heavy atom. The number of aliphatic hydroxyl groups is 1. The van der Waals surface area contributed by atoms with Crippen molar-refractivity contribution in [2.75, 3.05) is 32.8 Å². The molecule has 0 aliphatic heterocycles. The van der Waals surface area contributed by atoms with Crippen molar-refractivity contribution in [3.8, 4) is 5.75 Å². The predicted octanol–water partition coefficient (Wildman–Crippen LogP) is 2.10. The topological polar surface area (TPSA) is 75.1 Å². The molecule has 0 saturated carbocycles. The van der Waals surface area contributed by atoms with Crippen molar-refractivity contribution in [1.29, 1.82) is 0 Å². The first kappa shape index (κ1) is 20.3. The standard InChI is InChI=1S/C18H31N3O3/c1-5-19-18(20-10-11-23-6-2)21-13-17(22)15-8-7-9-16(12-15)24-14(3)4/h7-9,12,14,17,22H,5-6,10-11,13H2,1-4H3,(H2,19,20,21). The zero-order valence-electron chi connectivity index (χ0n) is 15.2. The summed E-state index contributed by atoms with van der Waals surface area (Å²) in [6, 6.07) is 7.50. The van der Waals surface area contributed by atoms with Crippen molar-refractivity contribution in [2.24, 2.45) is 4.99 Å². The van der Waals surface area contributed by atoms with E-state index in [1.54, 1.807) is 0 Å². The maximum absolute atomic E-state index is 10.4. The fourth-order valence-corrected chi connectivity index (χ4v) is 2.08. The minimum atomic E-state index is -0.678. The molecule has 24 heavy (non-hydrogen) atoms. The van der Waals surface area contributed by atoms with Gasteiger partial charge >= 0.3 is 0 Å². The fourth-order valence-electron chi connectivity index (χ4n) is 2.08. The lowest BCUT2D eigenvalue weighted by molar-refractivity contribution is 0.152. The second kappa shape index (κ2) is 11.7. The molecule has 1 rings (SSSR count). The molecule has 6 nitrogen and oxygen atoms in total. The highest BCUT2D eigenvalue weighted by atomic mass is 16.5. The van der Waals surface area contributed by atoms with Crippen LogP contribution in [-0.2, 0) is 4.74 Å². The highest BCUT2D eigenvalue weighted by Gasteiger charge is 2.09. The summed E-state index contributed by atoms with van der Waals surface area (Å²) in [5.41, 5.74) is 0.794. The van der Waals surface area contributed by atoms with Crippen molar-refractivity contribution in [1.82, 2.24) is 10.6 Å². The van der Waals surface area contributed by atoms with Gasteiger partial charge in [0, 0.05) is 19.7 Å². The molecule has 0 amide bonds. The largest absolute Gasteiger partial charge is 0.491 e. The van der Waals surface area contributed by atoms with Crippen LogP contribution in [0.1, 0.15) is 39.4 Å². The molecule has 136 valence electrons. The van der Waals surface area contributed by atoms with Crippen molar-refractivity contribution >= 4 is 5.96 Å². The third-order valence-electron chi connectivity index (χ3n) is 3.12. The maximum Gasteiger partial charge on any atom is 0.191 e. The second-order valence-corrected chi connectivity index (χ2v) is 5.60. The van der Waals surface area contributed by atoms with Crippen LogP contribution < -0.4 is 15.4 Å². The van der Waals surface area contributed by atoms with E-state index in [1.807, 2.05) is 52.0 Å².